The number of rotatable bonds is 8. The highest BCUT2D eigenvalue weighted by molar-refractivity contribution is 5.12. The number of hydrogen-bond acceptors (Lipinski definition) is 5. The molecule has 0 radical (unpaired) electrons. The van der Waals surface area contributed by atoms with Crippen LogP contribution in [0.3, 0.4) is 0 Å². The summed E-state index contributed by atoms with van der Waals surface area (Å²) in [6.45, 7) is 6.83. The van der Waals surface area contributed by atoms with Crippen molar-refractivity contribution >= 4 is 0 Å². The summed E-state index contributed by atoms with van der Waals surface area (Å²) in [4.78, 5) is 8.54. The van der Waals surface area contributed by atoms with Crippen LogP contribution in [-0.2, 0) is 11.3 Å². The lowest BCUT2D eigenvalue weighted by molar-refractivity contribution is 0.140. The molecular formula is C12H21N3O2. The lowest BCUT2D eigenvalue weighted by Crippen LogP contribution is -2.16. The minimum absolute atomic E-state index is 0.426. The highest BCUT2D eigenvalue weighted by atomic mass is 16.5. The molecule has 1 aromatic rings. The minimum atomic E-state index is 0.426. The highest BCUT2D eigenvalue weighted by Gasteiger charge is 2.03. The van der Waals surface area contributed by atoms with Crippen LogP contribution in [0, 0.1) is 6.92 Å². The minimum Gasteiger partial charge on any atom is -0.461 e. The molecule has 5 nitrogen and oxygen atoms in total. The molecule has 0 fully saturated rings. The van der Waals surface area contributed by atoms with Crippen LogP contribution in [0.5, 0.6) is 6.01 Å². The van der Waals surface area contributed by atoms with Crippen molar-refractivity contribution in [1.82, 2.24) is 15.3 Å². The van der Waals surface area contributed by atoms with Crippen LogP contribution in [0.15, 0.2) is 6.07 Å². The number of aryl methyl sites for hydroxylation is 1. The molecule has 0 atom stereocenters. The van der Waals surface area contributed by atoms with Crippen molar-refractivity contribution in [3.05, 3.63) is 17.5 Å². The van der Waals surface area contributed by atoms with Gasteiger partial charge < -0.3 is 14.8 Å². The molecule has 0 amide bonds. The van der Waals surface area contributed by atoms with Gasteiger partial charge in [0.25, 0.3) is 0 Å². The second-order valence-corrected chi connectivity index (χ2v) is 3.80. The topological polar surface area (TPSA) is 56.3 Å². The summed E-state index contributed by atoms with van der Waals surface area (Å²) in [5.74, 6) is 0. The number of aromatic nitrogens is 2. The third-order valence-corrected chi connectivity index (χ3v) is 2.14. The Balaban J connectivity index is 2.53. The van der Waals surface area contributed by atoms with Crippen molar-refractivity contribution in [2.24, 2.45) is 0 Å². The Labute approximate surface area is 103 Å². The van der Waals surface area contributed by atoms with Gasteiger partial charge in [-0.15, -0.1) is 0 Å². The Morgan fingerprint density at radius 3 is 2.82 bits per heavy atom. The van der Waals surface area contributed by atoms with Crippen molar-refractivity contribution < 1.29 is 9.47 Å². The third kappa shape index (κ3) is 5.60. The molecule has 0 spiro atoms. The Hall–Kier alpha value is -1.20. The van der Waals surface area contributed by atoms with Crippen LogP contribution in [0.25, 0.3) is 0 Å². The molecule has 1 aromatic heterocycles. The van der Waals surface area contributed by atoms with E-state index in [1.165, 1.54) is 0 Å². The fourth-order valence-corrected chi connectivity index (χ4v) is 1.37. The average Bonchev–Trinajstić information content (AvgIpc) is 2.29. The zero-order valence-electron chi connectivity index (χ0n) is 10.8. The zero-order chi connectivity index (χ0) is 12.5. The van der Waals surface area contributed by atoms with Gasteiger partial charge in [-0.25, -0.2) is 4.98 Å². The molecule has 17 heavy (non-hydrogen) atoms. The van der Waals surface area contributed by atoms with Crippen molar-refractivity contribution in [2.45, 2.75) is 26.8 Å². The van der Waals surface area contributed by atoms with Gasteiger partial charge in [-0.05, 0) is 26.0 Å². The molecule has 96 valence electrons. The molecule has 0 aliphatic heterocycles. The van der Waals surface area contributed by atoms with Crippen molar-refractivity contribution in [1.29, 1.82) is 0 Å². The Morgan fingerprint density at radius 1 is 1.29 bits per heavy atom. The van der Waals surface area contributed by atoms with Gasteiger partial charge in [0, 0.05) is 19.3 Å². The van der Waals surface area contributed by atoms with Crippen LogP contribution < -0.4 is 10.1 Å². The van der Waals surface area contributed by atoms with E-state index < -0.39 is 0 Å². The highest BCUT2D eigenvalue weighted by Crippen LogP contribution is 2.06. The maximum atomic E-state index is 5.40. The van der Waals surface area contributed by atoms with Crippen molar-refractivity contribution in [2.75, 3.05) is 26.9 Å². The summed E-state index contributed by atoms with van der Waals surface area (Å²) in [7, 11) is 1.64. The molecule has 1 N–H and O–H groups in total. The predicted molar refractivity (Wildman–Crippen MR) is 66.1 cm³/mol. The molecule has 0 aromatic carbocycles. The van der Waals surface area contributed by atoms with E-state index >= 15 is 0 Å². The summed E-state index contributed by atoms with van der Waals surface area (Å²) >= 11 is 0. The molecule has 0 saturated carbocycles. The summed E-state index contributed by atoms with van der Waals surface area (Å²) < 4.78 is 10.3. The monoisotopic (exact) mass is 239 g/mol. The van der Waals surface area contributed by atoms with Gasteiger partial charge in [0.15, 0.2) is 0 Å². The summed E-state index contributed by atoms with van der Waals surface area (Å²) in [6.07, 6.45) is 1.11. The van der Waals surface area contributed by atoms with Gasteiger partial charge in [-0.2, -0.15) is 4.98 Å². The average molecular weight is 239 g/mol. The smallest absolute Gasteiger partial charge is 0.316 e. The third-order valence-electron chi connectivity index (χ3n) is 2.14. The first-order valence-electron chi connectivity index (χ1n) is 5.93. The summed E-state index contributed by atoms with van der Waals surface area (Å²) in [5, 5.41) is 3.30. The standard InChI is InChI=1S/C12H21N3O2/c1-4-5-13-9-11-8-10(2)14-12(15-11)17-7-6-16-3/h8,13H,4-7,9H2,1-3H3. The number of nitrogens with one attached hydrogen (secondary N) is 1. The van der Waals surface area contributed by atoms with Crippen molar-refractivity contribution in [3.63, 3.8) is 0 Å². The van der Waals surface area contributed by atoms with Crippen LogP contribution >= 0.6 is 0 Å². The van der Waals surface area contributed by atoms with Crippen LogP contribution in [0.2, 0.25) is 0 Å². The van der Waals surface area contributed by atoms with Gasteiger partial charge >= 0.3 is 6.01 Å². The summed E-state index contributed by atoms with van der Waals surface area (Å²) in [6, 6.07) is 2.39. The van der Waals surface area contributed by atoms with Crippen molar-refractivity contribution in [3.8, 4) is 6.01 Å². The van der Waals surface area contributed by atoms with Gasteiger partial charge in [-0.3, -0.25) is 0 Å². The van der Waals surface area contributed by atoms with E-state index in [0.717, 1.165) is 30.9 Å². The van der Waals surface area contributed by atoms with Crippen LogP contribution in [0.1, 0.15) is 24.7 Å². The number of nitrogens with zero attached hydrogens (tertiary/aromatic N) is 2. The normalized spacial score (nSPS) is 10.5. The molecule has 1 heterocycles. The molecule has 0 aliphatic rings. The second-order valence-electron chi connectivity index (χ2n) is 3.80. The zero-order valence-corrected chi connectivity index (χ0v) is 10.8. The van der Waals surface area contributed by atoms with E-state index in [1.807, 2.05) is 13.0 Å². The van der Waals surface area contributed by atoms with E-state index in [1.54, 1.807) is 7.11 Å². The molecule has 0 bridgehead atoms. The van der Waals surface area contributed by atoms with E-state index in [0.29, 0.717) is 19.2 Å². The maximum absolute atomic E-state index is 5.40. The van der Waals surface area contributed by atoms with Gasteiger partial charge in [0.2, 0.25) is 0 Å². The summed E-state index contributed by atoms with van der Waals surface area (Å²) in [5.41, 5.74) is 1.87. The first-order chi connectivity index (χ1) is 8.26. The SMILES string of the molecule is CCCNCc1cc(C)nc(OCCOC)n1. The van der Waals surface area contributed by atoms with E-state index in [2.05, 4.69) is 22.2 Å². The number of hydrogen-bond donors (Lipinski definition) is 1. The molecule has 0 aliphatic carbocycles. The molecule has 0 unspecified atom stereocenters. The van der Waals surface area contributed by atoms with Gasteiger partial charge in [-0.1, -0.05) is 6.92 Å². The number of ether oxygens (including phenoxy) is 2. The largest absolute Gasteiger partial charge is 0.461 e. The van der Waals surface area contributed by atoms with Gasteiger partial charge in [0.05, 0.1) is 12.3 Å². The molecule has 1 rings (SSSR count). The van der Waals surface area contributed by atoms with Crippen LogP contribution in [-0.4, -0.2) is 36.8 Å². The lowest BCUT2D eigenvalue weighted by atomic mass is 10.3. The van der Waals surface area contributed by atoms with E-state index in [9.17, 15) is 0 Å². The quantitative estimate of drug-likeness (QED) is 0.693. The Kier molecular flexibility index (Phi) is 6.50. The Bertz CT molecular complexity index is 303. The molecular weight excluding hydrogens is 218 g/mol. The predicted octanol–water partition coefficient (Wildman–Crippen LogP) is 1.31. The lowest BCUT2D eigenvalue weighted by Gasteiger charge is -2.07. The fourth-order valence-electron chi connectivity index (χ4n) is 1.37. The first-order valence-corrected chi connectivity index (χ1v) is 5.93. The second kappa shape index (κ2) is 7.97. The Morgan fingerprint density at radius 2 is 2.12 bits per heavy atom. The van der Waals surface area contributed by atoms with E-state index in [-0.39, 0.29) is 0 Å². The van der Waals surface area contributed by atoms with E-state index in [4.69, 9.17) is 9.47 Å². The number of methoxy groups -OCH3 is 1. The molecule has 5 heteroatoms. The van der Waals surface area contributed by atoms with Crippen LogP contribution in [0.4, 0.5) is 0 Å². The maximum Gasteiger partial charge on any atom is 0.316 e. The first kappa shape index (κ1) is 13.9. The van der Waals surface area contributed by atoms with Gasteiger partial charge in [0.1, 0.15) is 6.61 Å². The molecule has 0 saturated heterocycles. The fraction of sp³-hybridized carbons (Fsp3) is 0.667.